The second-order valence-corrected chi connectivity index (χ2v) is 3.67. The zero-order valence-electron chi connectivity index (χ0n) is 9.21. The van der Waals surface area contributed by atoms with Gasteiger partial charge in [0.2, 0.25) is 0 Å². The monoisotopic (exact) mass is 324 g/mol. The lowest BCUT2D eigenvalue weighted by Gasteiger charge is -2.15. The Morgan fingerprint density at radius 1 is 1.50 bits per heavy atom. The van der Waals surface area contributed by atoms with Crippen LogP contribution in [0.25, 0.3) is 0 Å². The first-order valence-electron chi connectivity index (χ1n) is 4.66. The van der Waals surface area contributed by atoms with E-state index in [1.54, 1.807) is 6.07 Å². The SMILES string of the molecule is COc1c(OC(F)(F)F)cc(CBr)nc1CC#N. The maximum Gasteiger partial charge on any atom is 0.573 e. The molecule has 0 radical (unpaired) electrons. The molecule has 1 rings (SSSR count). The third kappa shape index (κ3) is 3.77. The van der Waals surface area contributed by atoms with Gasteiger partial charge in [0.25, 0.3) is 0 Å². The van der Waals surface area contributed by atoms with Crippen LogP contribution in [0.5, 0.6) is 11.5 Å². The van der Waals surface area contributed by atoms with Gasteiger partial charge in [0.15, 0.2) is 11.5 Å². The van der Waals surface area contributed by atoms with Crippen LogP contribution in [0.3, 0.4) is 0 Å². The van der Waals surface area contributed by atoms with E-state index in [-0.39, 0.29) is 23.2 Å². The lowest BCUT2D eigenvalue weighted by molar-refractivity contribution is -0.275. The molecule has 0 N–H and O–H groups in total. The number of hydrogen-bond acceptors (Lipinski definition) is 4. The summed E-state index contributed by atoms with van der Waals surface area (Å²) in [5.74, 6) is -0.682. The average Bonchev–Trinajstić information content (AvgIpc) is 2.27. The number of methoxy groups -OCH3 is 1. The van der Waals surface area contributed by atoms with Gasteiger partial charge in [-0.3, -0.25) is 4.98 Å². The summed E-state index contributed by atoms with van der Waals surface area (Å²) in [5, 5.41) is 8.85. The first-order chi connectivity index (χ1) is 8.41. The van der Waals surface area contributed by atoms with Gasteiger partial charge in [0.05, 0.1) is 25.3 Å². The number of nitriles is 1. The highest BCUT2D eigenvalue weighted by Gasteiger charge is 2.33. The Bertz CT molecular complexity index is 471. The highest BCUT2D eigenvalue weighted by Crippen LogP contribution is 2.35. The fraction of sp³-hybridized carbons (Fsp3) is 0.400. The van der Waals surface area contributed by atoms with Crippen LogP contribution in [0.1, 0.15) is 11.4 Å². The number of hydrogen-bond donors (Lipinski definition) is 0. The number of ether oxygens (including phenoxy) is 2. The van der Waals surface area contributed by atoms with E-state index in [2.05, 4.69) is 25.7 Å². The molecule has 1 aromatic heterocycles. The van der Waals surface area contributed by atoms with E-state index >= 15 is 0 Å². The van der Waals surface area contributed by atoms with Crippen LogP contribution in [0, 0.1) is 11.3 Å². The van der Waals surface area contributed by atoms with Crippen LogP contribution in [0.4, 0.5) is 13.2 Å². The smallest absolute Gasteiger partial charge is 0.491 e. The van der Waals surface area contributed by atoms with E-state index in [1.807, 2.05) is 0 Å². The molecule has 18 heavy (non-hydrogen) atoms. The Kier molecular flexibility index (Phi) is 4.78. The Labute approximate surface area is 109 Å². The molecule has 8 heteroatoms. The highest BCUT2D eigenvalue weighted by atomic mass is 79.9. The van der Waals surface area contributed by atoms with E-state index in [1.165, 1.54) is 7.11 Å². The van der Waals surface area contributed by atoms with Gasteiger partial charge in [-0.05, 0) is 0 Å². The Balaban J connectivity index is 3.29. The molecule has 0 spiro atoms. The zero-order valence-corrected chi connectivity index (χ0v) is 10.8. The third-order valence-electron chi connectivity index (χ3n) is 1.88. The van der Waals surface area contributed by atoms with Gasteiger partial charge in [0.1, 0.15) is 5.69 Å². The molecule has 0 bridgehead atoms. The standard InChI is InChI=1S/C10H8BrF3N2O2/c1-17-9-7(2-3-15)16-6(5-11)4-8(9)18-10(12,13)14/h4H,2,5H2,1H3. The normalized spacial score (nSPS) is 10.9. The van der Waals surface area contributed by atoms with E-state index in [0.29, 0.717) is 5.69 Å². The highest BCUT2D eigenvalue weighted by molar-refractivity contribution is 9.08. The summed E-state index contributed by atoms with van der Waals surface area (Å²) in [7, 11) is 1.19. The summed E-state index contributed by atoms with van der Waals surface area (Å²) in [6.45, 7) is 0. The molecule has 1 aromatic rings. The first kappa shape index (κ1) is 14.6. The third-order valence-corrected chi connectivity index (χ3v) is 2.45. The number of aromatic nitrogens is 1. The number of nitrogens with zero attached hydrogens (tertiary/aromatic N) is 2. The molecule has 0 aliphatic rings. The number of rotatable bonds is 4. The van der Waals surface area contributed by atoms with Crippen LogP contribution in [-0.2, 0) is 11.8 Å². The van der Waals surface area contributed by atoms with Crippen LogP contribution < -0.4 is 9.47 Å². The quantitative estimate of drug-likeness (QED) is 0.799. The van der Waals surface area contributed by atoms with Crippen molar-refractivity contribution in [2.45, 2.75) is 18.1 Å². The van der Waals surface area contributed by atoms with Gasteiger partial charge < -0.3 is 9.47 Å². The van der Waals surface area contributed by atoms with Crippen molar-refractivity contribution >= 4 is 15.9 Å². The Hall–Kier alpha value is -1.49. The summed E-state index contributed by atoms with van der Waals surface area (Å²) in [6, 6.07) is 2.92. The van der Waals surface area contributed by atoms with Crippen molar-refractivity contribution in [2.24, 2.45) is 0 Å². The summed E-state index contributed by atoms with van der Waals surface area (Å²) in [5.41, 5.74) is 0.427. The van der Waals surface area contributed by atoms with Crippen LogP contribution in [0.2, 0.25) is 0 Å². The summed E-state index contributed by atoms with van der Waals surface area (Å²) < 4.78 is 45.4. The van der Waals surface area contributed by atoms with E-state index in [0.717, 1.165) is 6.07 Å². The largest absolute Gasteiger partial charge is 0.573 e. The summed E-state index contributed by atoms with van der Waals surface area (Å²) in [6.07, 6.45) is -5.00. The molecular formula is C10H8BrF3N2O2. The Morgan fingerprint density at radius 3 is 2.61 bits per heavy atom. The molecule has 0 aliphatic heterocycles. The van der Waals surface area contributed by atoms with Crippen LogP contribution >= 0.6 is 15.9 Å². The fourth-order valence-electron chi connectivity index (χ4n) is 1.30. The molecule has 0 aromatic carbocycles. The van der Waals surface area contributed by atoms with Gasteiger partial charge in [-0.2, -0.15) is 5.26 Å². The van der Waals surface area contributed by atoms with E-state index < -0.39 is 12.1 Å². The van der Waals surface area contributed by atoms with Gasteiger partial charge in [-0.15, -0.1) is 13.2 Å². The number of pyridine rings is 1. The van der Waals surface area contributed by atoms with Crippen molar-refractivity contribution in [3.63, 3.8) is 0 Å². The van der Waals surface area contributed by atoms with Gasteiger partial charge >= 0.3 is 6.36 Å². The van der Waals surface area contributed by atoms with E-state index in [4.69, 9.17) is 10.00 Å². The molecule has 98 valence electrons. The molecule has 0 fully saturated rings. The van der Waals surface area contributed by atoms with Crippen molar-refractivity contribution < 1.29 is 22.6 Å². The predicted octanol–water partition coefficient (Wildman–Crippen LogP) is 2.95. The first-order valence-corrected chi connectivity index (χ1v) is 5.79. The molecule has 1 heterocycles. The summed E-state index contributed by atoms with van der Waals surface area (Å²) >= 11 is 3.08. The predicted molar refractivity (Wildman–Crippen MR) is 59.4 cm³/mol. The summed E-state index contributed by atoms with van der Waals surface area (Å²) in [4.78, 5) is 4.00. The molecule has 0 saturated carbocycles. The zero-order chi connectivity index (χ0) is 13.8. The molecule has 0 amide bonds. The fourth-order valence-corrected chi connectivity index (χ4v) is 1.58. The minimum absolute atomic E-state index is 0.108. The average molecular weight is 325 g/mol. The molecular weight excluding hydrogens is 317 g/mol. The minimum atomic E-state index is -4.83. The molecule has 0 atom stereocenters. The van der Waals surface area contributed by atoms with Crippen molar-refractivity contribution in [1.82, 2.24) is 4.98 Å². The lowest BCUT2D eigenvalue weighted by atomic mass is 10.2. The van der Waals surface area contributed by atoms with Crippen molar-refractivity contribution in [2.75, 3.05) is 7.11 Å². The van der Waals surface area contributed by atoms with Crippen LogP contribution in [-0.4, -0.2) is 18.5 Å². The Morgan fingerprint density at radius 2 is 2.17 bits per heavy atom. The van der Waals surface area contributed by atoms with E-state index in [9.17, 15) is 13.2 Å². The van der Waals surface area contributed by atoms with Crippen molar-refractivity contribution in [3.8, 4) is 17.6 Å². The molecule has 4 nitrogen and oxygen atoms in total. The molecule has 0 aliphatic carbocycles. The van der Waals surface area contributed by atoms with Gasteiger partial charge in [0, 0.05) is 11.4 Å². The minimum Gasteiger partial charge on any atom is -0.491 e. The topological polar surface area (TPSA) is 55.1 Å². The maximum absolute atomic E-state index is 12.2. The molecule has 0 unspecified atom stereocenters. The lowest BCUT2D eigenvalue weighted by Crippen LogP contribution is -2.18. The second kappa shape index (κ2) is 5.91. The van der Waals surface area contributed by atoms with Gasteiger partial charge in [-0.25, -0.2) is 0 Å². The van der Waals surface area contributed by atoms with Crippen molar-refractivity contribution in [3.05, 3.63) is 17.5 Å². The van der Waals surface area contributed by atoms with Gasteiger partial charge in [-0.1, -0.05) is 15.9 Å². The number of alkyl halides is 4. The van der Waals surface area contributed by atoms with Crippen LogP contribution in [0.15, 0.2) is 6.07 Å². The van der Waals surface area contributed by atoms with Crippen molar-refractivity contribution in [1.29, 1.82) is 5.26 Å². The molecule has 0 saturated heterocycles. The number of halogens is 4. The maximum atomic E-state index is 12.2. The second-order valence-electron chi connectivity index (χ2n) is 3.11.